The lowest BCUT2D eigenvalue weighted by Crippen LogP contribution is -2.41. The van der Waals surface area contributed by atoms with Crippen LogP contribution in [0.5, 0.6) is 0 Å². The number of rotatable bonds is 4. The number of carboxylic acids is 1. The normalized spacial score (nSPS) is 16.4. The second-order valence-electron chi connectivity index (χ2n) is 4.89. The predicted octanol–water partition coefficient (Wildman–Crippen LogP) is 1.87. The van der Waals surface area contributed by atoms with E-state index in [-0.39, 0.29) is 16.5 Å². The highest BCUT2D eigenvalue weighted by Gasteiger charge is 2.32. The van der Waals surface area contributed by atoms with E-state index in [0.29, 0.717) is 5.56 Å². The van der Waals surface area contributed by atoms with Gasteiger partial charge in [-0.1, -0.05) is 12.5 Å². The molecule has 1 aliphatic rings. The Morgan fingerprint density at radius 2 is 2.00 bits per heavy atom. The smallest absolute Gasteiger partial charge is 0.335 e. The Kier molecular flexibility index (Phi) is 3.64. The fourth-order valence-corrected chi connectivity index (χ4v) is 3.78. The molecule has 1 aliphatic carbocycles. The van der Waals surface area contributed by atoms with Crippen LogP contribution < -0.4 is 0 Å². The average molecular weight is 283 g/mol. The van der Waals surface area contributed by atoms with Crippen molar-refractivity contribution in [2.24, 2.45) is 0 Å². The molecule has 1 fully saturated rings. The van der Waals surface area contributed by atoms with Gasteiger partial charge in [-0.25, -0.2) is 13.2 Å². The molecule has 0 spiro atoms. The van der Waals surface area contributed by atoms with E-state index in [4.69, 9.17) is 5.11 Å². The van der Waals surface area contributed by atoms with Gasteiger partial charge in [-0.2, -0.15) is 4.31 Å². The Hall–Kier alpha value is -1.40. The molecule has 0 amide bonds. The zero-order valence-corrected chi connectivity index (χ0v) is 11.8. The minimum absolute atomic E-state index is 0.00816. The molecule has 0 saturated heterocycles. The summed E-state index contributed by atoms with van der Waals surface area (Å²) in [4.78, 5) is 11.0. The number of hydrogen-bond acceptors (Lipinski definition) is 3. The molecule has 0 unspecified atom stereocenters. The van der Waals surface area contributed by atoms with Gasteiger partial charge in [-0.15, -0.1) is 0 Å². The summed E-state index contributed by atoms with van der Waals surface area (Å²) in [5.41, 5.74) is 0.558. The van der Waals surface area contributed by atoms with Crippen LogP contribution >= 0.6 is 0 Å². The van der Waals surface area contributed by atoms with Crippen molar-refractivity contribution < 1.29 is 18.3 Å². The van der Waals surface area contributed by atoms with Gasteiger partial charge in [0.15, 0.2) is 0 Å². The molecule has 6 heteroatoms. The third kappa shape index (κ3) is 2.50. The summed E-state index contributed by atoms with van der Waals surface area (Å²) in [5, 5.41) is 8.96. The van der Waals surface area contributed by atoms with Crippen molar-refractivity contribution in [2.75, 3.05) is 7.05 Å². The fourth-order valence-electron chi connectivity index (χ4n) is 2.11. The first kappa shape index (κ1) is 14.0. The first-order valence-corrected chi connectivity index (χ1v) is 7.60. The zero-order chi connectivity index (χ0) is 14.2. The second kappa shape index (κ2) is 4.94. The van der Waals surface area contributed by atoms with E-state index >= 15 is 0 Å². The highest BCUT2D eigenvalue weighted by Crippen LogP contribution is 2.29. The molecule has 1 aromatic carbocycles. The molecule has 0 aliphatic heterocycles. The highest BCUT2D eigenvalue weighted by atomic mass is 32.2. The van der Waals surface area contributed by atoms with Crippen molar-refractivity contribution in [3.05, 3.63) is 29.3 Å². The Morgan fingerprint density at radius 3 is 2.47 bits per heavy atom. The molecule has 2 rings (SSSR count). The van der Waals surface area contributed by atoms with Gasteiger partial charge in [-0.3, -0.25) is 0 Å². The van der Waals surface area contributed by atoms with Crippen LogP contribution in [-0.2, 0) is 10.0 Å². The average Bonchev–Trinajstić information content (AvgIpc) is 2.26. The maximum absolute atomic E-state index is 12.5. The van der Waals surface area contributed by atoms with Crippen LogP contribution in [0.2, 0.25) is 0 Å². The number of carboxylic acid groups (broad SMARTS) is 1. The van der Waals surface area contributed by atoms with Crippen LogP contribution in [0.4, 0.5) is 0 Å². The van der Waals surface area contributed by atoms with Gasteiger partial charge in [-0.05, 0) is 37.5 Å². The number of aryl methyl sites for hydroxylation is 1. The van der Waals surface area contributed by atoms with E-state index in [2.05, 4.69) is 0 Å². The van der Waals surface area contributed by atoms with Gasteiger partial charge in [0.1, 0.15) is 0 Å². The van der Waals surface area contributed by atoms with Gasteiger partial charge in [0.2, 0.25) is 10.0 Å². The summed E-state index contributed by atoms with van der Waals surface area (Å²) >= 11 is 0. The second-order valence-corrected chi connectivity index (χ2v) is 6.86. The molecule has 19 heavy (non-hydrogen) atoms. The molecule has 1 N–H and O–H groups in total. The third-order valence-corrected chi connectivity index (χ3v) is 5.73. The maximum atomic E-state index is 12.5. The lowest BCUT2D eigenvalue weighted by Gasteiger charge is -2.34. The van der Waals surface area contributed by atoms with E-state index in [0.717, 1.165) is 19.3 Å². The summed E-state index contributed by atoms with van der Waals surface area (Å²) in [5.74, 6) is -1.12. The van der Waals surface area contributed by atoms with Gasteiger partial charge in [0.05, 0.1) is 10.5 Å². The molecule has 0 atom stereocenters. The number of benzene rings is 1. The first-order chi connectivity index (χ1) is 8.84. The molecule has 0 heterocycles. The van der Waals surface area contributed by atoms with E-state index in [1.807, 2.05) is 0 Å². The molecule has 1 saturated carbocycles. The summed E-state index contributed by atoms with van der Waals surface area (Å²) in [6.07, 6.45) is 2.78. The summed E-state index contributed by atoms with van der Waals surface area (Å²) in [6, 6.07) is 4.23. The number of nitrogens with zero attached hydrogens (tertiary/aromatic N) is 1. The van der Waals surface area contributed by atoms with E-state index < -0.39 is 16.0 Å². The Morgan fingerprint density at radius 1 is 1.37 bits per heavy atom. The maximum Gasteiger partial charge on any atom is 0.335 e. The van der Waals surface area contributed by atoms with Crippen LogP contribution in [0.15, 0.2) is 23.1 Å². The van der Waals surface area contributed by atoms with Crippen molar-refractivity contribution >= 4 is 16.0 Å². The predicted molar refractivity (Wildman–Crippen MR) is 70.7 cm³/mol. The number of aromatic carboxylic acids is 1. The summed E-state index contributed by atoms with van der Waals surface area (Å²) in [7, 11) is -2.05. The molecule has 0 radical (unpaired) electrons. The summed E-state index contributed by atoms with van der Waals surface area (Å²) < 4.78 is 26.4. The van der Waals surface area contributed by atoms with Crippen LogP contribution in [-0.4, -0.2) is 36.9 Å². The molecule has 0 aromatic heterocycles. The van der Waals surface area contributed by atoms with Gasteiger partial charge < -0.3 is 5.11 Å². The number of sulfonamides is 1. The van der Waals surface area contributed by atoms with Crippen molar-refractivity contribution in [1.82, 2.24) is 4.31 Å². The lowest BCUT2D eigenvalue weighted by atomic mass is 9.94. The van der Waals surface area contributed by atoms with Crippen LogP contribution in [0.25, 0.3) is 0 Å². The monoisotopic (exact) mass is 283 g/mol. The molecule has 1 aromatic rings. The van der Waals surface area contributed by atoms with E-state index in [1.54, 1.807) is 14.0 Å². The van der Waals surface area contributed by atoms with Crippen LogP contribution in [0.3, 0.4) is 0 Å². The number of carbonyl (C=O) groups is 1. The molecule has 0 bridgehead atoms. The standard InChI is InChI=1S/C13H17NO4S/c1-9-6-7-10(13(15)16)8-12(9)19(17,18)14(2)11-4-3-5-11/h6-8,11H,3-5H2,1-2H3,(H,15,16). The van der Waals surface area contributed by atoms with Crippen molar-refractivity contribution in [2.45, 2.75) is 37.1 Å². The van der Waals surface area contributed by atoms with Gasteiger partial charge >= 0.3 is 5.97 Å². The molecule has 5 nitrogen and oxygen atoms in total. The minimum atomic E-state index is -3.62. The zero-order valence-electron chi connectivity index (χ0n) is 11.0. The van der Waals surface area contributed by atoms with Gasteiger partial charge in [0, 0.05) is 13.1 Å². The van der Waals surface area contributed by atoms with Crippen molar-refractivity contribution in [1.29, 1.82) is 0 Å². The van der Waals surface area contributed by atoms with Crippen molar-refractivity contribution in [3.8, 4) is 0 Å². The topological polar surface area (TPSA) is 74.7 Å². The number of hydrogen-bond donors (Lipinski definition) is 1. The minimum Gasteiger partial charge on any atom is -0.478 e. The van der Waals surface area contributed by atoms with E-state index in [1.165, 1.54) is 22.5 Å². The van der Waals surface area contributed by atoms with Crippen molar-refractivity contribution in [3.63, 3.8) is 0 Å². The first-order valence-electron chi connectivity index (χ1n) is 6.16. The Labute approximate surface area is 112 Å². The van der Waals surface area contributed by atoms with Crippen LogP contribution in [0.1, 0.15) is 35.2 Å². The fraction of sp³-hybridized carbons (Fsp3) is 0.462. The molecular weight excluding hydrogens is 266 g/mol. The van der Waals surface area contributed by atoms with E-state index in [9.17, 15) is 13.2 Å². The van der Waals surface area contributed by atoms with Crippen LogP contribution in [0, 0.1) is 6.92 Å². The SMILES string of the molecule is Cc1ccc(C(=O)O)cc1S(=O)(=O)N(C)C1CCC1. The highest BCUT2D eigenvalue weighted by molar-refractivity contribution is 7.89. The molecule has 104 valence electrons. The van der Waals surface area contributed by atoms with Gasteiger partial charge in [0.25, 0.3) is 0 Å². The Balaban J connectivity index is 2.44. The Bertz CT molecular complexity index is 605. The third-order valence-electron chi connectivity index (χ3n) is 3.68. The largest absolute Gasteiger partial charge is 0.478 e. The molecular formula is C13H17NO4S. The summed E-state index contributed by atoms with van der Waals surface area (Å²) in [6.45, 7) is 1.67. The quantitative estimate of drug-likeness (QED) is 0.915. The lowest BCUT2D eigenvalue weighted by molar-refractivity contribution is 0.0696.